The van der Waals surface area contributed by atoms with Gasteiger partial charge in [0.2, 0.25) is 0 Å². The molecule has 17 heavy (non-hydrogen) atoms. The highest BCUT2D eigenvalue weighted by atomic mass is 79.9. The van der Waals surface area contributed by atoms with E-state index in [0.29, 0.717) is 5.41 Å². The van der Waals surface area contributed by atoms with Gasteiger partial charge < -0.3 is 0 Å². The zero-order valence-corrected chi connectivity index (χ0v) is 13.0. The summed E-state index contributed by atoms with van der Waals surface area (Å²) in [4.78, 5) is 2.82. The van der Waals surface area contributed by atoms with Gasteiger partial charge in [0.05, 0.1) is 0 Å². The van der Waals surface area contributed by atoms with Crippen LogP contribution in [0.2, 0.25) is 0 Å². The minimum Gasteiger partial charge on any atom is -0.300 e. The molecular weight excluding hydrogens is 274 g/mol. The molecule has 0 aliphatic heterocycles. The van der Waals surface area contributed by atoms with Crippen molar-refractivity contribution in [3.05, 3.63) is 0 Å². The molecule has 0 aromatic heterocycles. The zero-order valence-electron chi connectivity index (χ0n) is 11.4. The number of alkyl halides is 1. The summed E-state index contributed by atoms with van der Waals surface area (Å²) in [5.74, 6) is 0. The van der Waals surface area contributed by atoms with Crippen molar-refractivity contribution >= 4 is 15.9 Å². The predicted octanol–water partition coefficient (Wildman–Crippen LogP) is 4.60. The summed E-state index contributed by atoms with van der Waals surface area (Å²) < 4.78 is 0. The van der Waals surface area contributed by atoms with Gasteiger partial charge in [0.25, 0.3) is 0 Å². The molecule has 0 aromatic carbocycles. The lowest BCUT2D eigenvalue weighted by Gasteiger charge is -2.40. The Morgan fingerprint density at radius 1 is 1.18 bits per heavy atom. The van der Waals surface area contributed by atoms with Gasteiger partial charge in [0.1, 0.15) is 0 Å². The van der Waals surface area contributed by atoms with Crippen LogP contribution in [-0.2, 0) is 0 Å². The molecule has 0 aromatic rings. The van der Waals surface area contributed by atoms with Crippen LogP contribution in [0.1, 0.15) is 64.7 Å². The molecule has 0 bridgehead atoms. The van der Waals surface area contributed by atoms with Crippen LogP contribution in [0.25, 0.3) is 0 Å². The van der Waals surface area contributed by atoms with Gasteiger partial charge in [-0.15, -0.1) is 0 Å². The van der Waals surface area contributed by atoms with E-state index in [2.05, 4.69) is 27.8 Å². The van der Waals surface area contributed by atoms with Gasteiger partial charge in [-0.05, 0) is 44.1 Å². The van der Waals surface area contributed by atoms with E-state index < -0.39 is 0 Å². The van der Waals surface area contributed by atoms with E-state index in [0.717, 1.165) is 6.04 Å². The molecule has 0 amide bonds. The Bertz CT molecular complexity index is 219. The Kier molecular flexibility index (Phi) is 5.35. The largest absolute Gasteiger partial charge is 0.300 e. The Hall–Kier alpha value is 0.440. The van der Waals surface area contributed by atoms with Crippen LogP contribution in [0.5, 0.6) is 0 Å². The summed E-state index contributed by atoms with van der Waals surface area (Å²) in [5, 5.41) is 1.22. The Balaban J connectivity index is 1.89. The third-order valence-electron chi connectivity index (χ3n) is 4.60. The van der Waals surface area contributed by atoms with E-state index in [1.54, 1.807) is 0 Å². The molecule has 2 heteroatoms. The molecule has 2 fully saturated rings. The number of nitrogens with zero attached hydrogens (tertiary/aromatic N) is 1. The van der Waals surface area contributed by atoms with E-state index in [4.69, 9.17) is 0 Å². The maximum Gasteiger partial charge on any atom is 0.0100 e. The van der Waals surface area contributed by atoms with Crippen molar-refractivity contribution in [1.29, 1.82) is 0 Å². The standard InChI is InChI=1S/C15H28BrN/c1-2-3-11-17(14-7-8-14)13-15(12-16)9-5-4-6-10-15/h14H,2-13H2,1H3. The second-order valence-electron chi connectivity index (χ2n) is 6.25. The highest BCUT2D eigenvalue weighted by Crippen LogP contribution is 2.40. The topological polar surface area (TPSA) is 3.24 Å². The van der Waals surface area contributed by atoms with Crippen molar-refractivity contribution in [2.45, 2.75) is 70.8 Å². The third-order valence-corrected chi connectivity index (χ3v) is 5.79. The summed E-state index contributed by atoms with van der Waals surface area (Å²) >= 11 is 3.81. The molecule has 0 saturated heterocycles. The Morgan fingerprint density at radius 3 is 2.41 bits per heavy atom. The van der Waals surface area contributed by atoms with Crippen molar-refractivity contribution in [3.63, 3.8) is 0 Å². The lowest BCUT2D eigenvalue weighted by molar-refractivity contribution is 0.119. The minimum atomic E-state index is 0.606. The highest BCUT2D eigenvalue weighted by Gasteiger charge is 2.37. The second kappa shape index (κ2) is 6.56. The first-order chi connectivity index (χ1) is 8.29. The van der Waals surface area contributed by atoms with Crippen LogP contribution in [0, 0.1) is 5.41 Å². The number of halogens is 1. The predicted molar refractivity (Wildman–Crippen MR) is 78.8 cm³/mol. The second-order valence-corrected chi connectivity index (χ2v) is 6.81. The average Bonchev–Trinajstić information content (AvgIpc) is 3.20. The molecule has 2 aliphatic rings. The summed E-state index contributed by atoms with van der Waals surface area (Å²) in [7, 11) is 0. The SMILES string of the molecule is CCCCN(CC1(CBr)CCCCC1)C1CC1. The molecule has 0 heterocycles. The van der Waals surface area contributed by atoms with E-state index in [9.17, 15) is 0 Å². The lowest BCUT2D eigenvalue weighted by atomic mass is 9.75. The van der Waals surface area contributed by atoms with E-state index >= 15 is 0 Å². The lowest BCUT2D eigenvalue weighted by Crippen LogP contribution is -2.42. The maximum absolute atomic E-state index is 3.81. The smallest absolute Gasteiger partial charge is 0.0100 e. The van der Waals surface area contributed by atoms with Crippen molar-refractivity contribution in [3.8, 4) is 0 Å². The van der Waals surface area contributed by atoms with Gasteiger partial charge in [-0.25, -0.2) is 0 Å². The first-order valence-corrected chi connectivity index (χ1v) is 8.72. The molecule has 2 rings (SSSR count). The fourth-order valence-electron chi connectivity index (χ4n) is 3.26. The average molecular weight is 302 g/mol. The molecule has 0 atom stereocenters. The van der Waals surface area contributed by atoms with Gasteiger partial charge in [-0.2, -0.15) is 0 Å². The fraction of sp³-hybridized carbons (Fsp3) is 1.00. The molecule has 0 N–H and O–H groups in total. The molecule has 100 valence electrons. The molecule has 1 nitrogen and oxygen atoms in total. The Labute approximate surface area is 115 Å². The monoisotopic (exact) mass is 301 g/mol. The Morgan fingerprint density at radius 2 is 1.88 bits per heavy atom. The van der Waals surface area contributed by atoms with Crippen molar-refractivity contribution in [1.82, 2.24) is 4.90 Å². The quantitative estimate of drug-likeness (QED) is 0.621. The maximum atomic E-state index is 3.81. The van der Waals surface area contributed by atoms with Crippen molar-refractivity contribution in [2.24, 2.45) is 5.41 Å². The van der Waals surface area contributed by atoms with Gasteiger partial charge in [0.15, 0.2) is 0 Å². The van der Waals surface area contributed by atoms with Gasteiger partial charge in [-0.1, -0.05) is 48.5 Å². The van der Waals surface area contributed by atoms with Crippen LogP contribution in [0.3, 0.4) is 0 Å². The van der Waals surface area contributed by atoms with Gasteiger partial charge in [-0.3, -0.25) is 4.90 Å². The first-order valence-electron chi connectivity index (χ1n) is 7.60. The summed E-state index contributed by atoms with van der Waals surface area (Å²) in [6.07, 6.45) is 12.9. The van der Waals surface area contributed by atoms with E-state index in [-0.39, 0.29) is 0 Å². The van der Waals surface area contributed by atoms with Crippen LogP contribution >= 0.6 is 15.9 Å². The van der Waals surface area contributed by atoms with Crippen LogP contribution in [-0.4, -0.2) is 29.4 Å². The van der Waals surface area contributed by atoms with Crippen LogP contribution < -0.4 is 0 Å². The summed E-state index contributed by atoms with van der Waals surface area (Å²) in [5.41, 5.74) is 0.606. The molecule has 0 unspecified atom stereocenters. The zero-order chi connectivity index (χ0) is 12.1. The highest BCUT2D eigenvalue weighted by molar-refractivity contribution is 9.09. The molecule has 2 saturated carbocycles. The minimum absolute atomic E-state index is 0.606. The summed E-state index contributed by atoms with van der Waals surface area (Å²) in [6, 6.07) is 0.944. The van der Waals surface area contributed by atoms with Crippen LogP contribution in [0.15, 0.2) is 0 Å². The fourth-order valence-corrected chi connectivity index (χ4v) is 4.00. The number of rotatable bonds is 7. The van der Waals surface area contributed by atoms with E-state index in [1.807, 2.05) is 0 Å². The normalized spacial score (nSPS) is 24.2. The molecule has 2 aliphatic carbocycles. The van der Waals surface area contributed by atoms with E-state index in [1.165, 1.54) is 76.2 Å². The van der Waals surface area contributed by atoms with Crippen molar-refractivity contribution < 1.29 is 0 Å². The number of hydrogen-bond donors (Lipinski definition) is 0. The number of unbranched alkanes of at least 4 members (excludes halogenated alkanes) is 1. The third kappa shape index (κ3) is 3.96. The molecular formula is C15H28BrN. The first kappa shape index (κ1) is 13.9. The summed E-state index contributed by atoms with van der Waals surface area (Å²) in [6.45, 7) is 5.02. The van der Waals surface area contributed by atoms with Gasteiger partial charge in [0, 0.05) is 17.9 Å². The van der Waals surface area contributed by atoms with Crippen LogP contribution in [0.4, 0.5) is 0 Å². The molecule has 0 spiro atoms. The van der Waals surface area contributed by atoms with Gasteiger partial charge >= 0.3 is 0 Å². The number of hydrogen-bond acceptors (Lipinski definition) is 1. The van der Waals surface area contributed by atoms with Crippen molar-refractivity contribution in [2.75, 3.05) is 18.4 Å². The molecule has 0 radical (unpaired) electrons.